The summed E-state index contributed by atoms with van der Waals surface area (Å²) in [5.74, 6) is 2.35. The average Bonchev–Trinajstić information content (AvgIpc) is 2.63. The number of nitrogens with zero attached hydrogens (tertiary/aromatic N) is 1. The molecule has 1 aliphatic heterocycles. The second-order valence-corrected chi connectivity index (χ2v) is 7.58. The standard InChI is InChI=1S/C20H25N3OS.2ClH/c21-19(17-6-2-1-3-7-17)14-20(24)22-18-8-4-5-16(13-18)15-23-9-11-25-12-10-23;;/h1-8,13,19H,9-12,14-15,21H2,(H,22,24);2*1H. The zero-order valence-corrected chi connectivity index (χ0v) is 17.6. The molecule has 1 amide bonds. The minimum atomic E-state index is -0.282. The Morgan fingerprint density at radius 3 is 2.48 bits per heavy atom. The van der Waals surface area contributed by atoms with Gasteiger partial charge in [-0.05, 0) is 23.3 Å². The maximum absolute atomic E-state index is 12.3. The molecule has 148 valence electrons. The molecule has 27 heavy (non-hydrogen) atoms. The number of thioether (sulfide) groups is 1. The summed E-state index contributed by atoms with van der Waals surface area (Å²) in [4.78, 5) is 14.8. The van der Waals surface area contributed by atoms with E-state index in [-0.39, 0.29) is 43.2 Å². The Balaban J connectivity index is 0.00000182. The van der Waals surface area contributed by atoms with E-state index in [0.717, 1.165) is 30.9 Å². The van der Waals surface area contributed by atoms with Crippen molar-refractivity contribution in [1.29, 1.82) is 0 Å². The Bertz CT molecular complexity index is 697. The van der Waals surface area contributed by atoms with Crippen LogP contribution < -0.4 is 11.1 Å². The predicted molar refractivity (Wildman–Crippen MR) is 120 cm³/mol. The van der Waals surface area contributed by atoms with Crippen molar-refractivity contribution >= 4 is 48.2 Å². The third-order valence-corrected chi connectivity index (χ3v) is 5.30. The van der Waals surface area contributed by atoms with Crippen LogP contribution in [0.2, 0.25) is 0 Å². The van der Waals surface area contributed by atoms with Crippen LogP contribution in [-0.4, -0.2) is 35.4 Å². The first kappa shape index (κ1) is 23.8. The van der Waals surface area contributed by atoms with Gasteiger partial charge in [0.15, 0.2) is 0 Å². The molecule has 0 bridgehead atoms. The molecular formula is C20H27Cl2N3OS. The van der Waals surface area contributed by atoms with E-state index in [1.54, 1.807) is 0 Å². The van der Waals surface area contributed by atoms with Gasteiger partial charge in [0.05, 0.1) is 0 Å². The summed E-state index contributed by atoms with van der Waals surface area (Å²) in [5, 5.41) is 2.98. The topological polar surface area (TPSA) is 58.4 Å². The molecule has 7 heteroatoms. The highest BCUT2D eigenvalue weighted by Gasteiger charge is 2.13. The SMILES string of the molecule is Cl.Cl.NC(CC(=O)Nc1cccc(CN2CCSCC2)c1)c1ccccc1. The van der Waals surface area contributed by atoms with Crippen LogP contribution in [0.5, 0.6) is 0 Å². The van der Waals surface area contributed by atoms with Gasteiger partial charge in [0, 0.05) is 49.3 Å². The smallest absolute Gasteiger partial charge is 0.226 e. The molecule has 3 rings (SSSR count). The number of hydrogen-bond acceptors (Lipinski definition) is 4. The van der Waals surface area contributed by atoms with Gasteiger partial charge in [0.25, 0.3) is 0 Å². The molecule has 3 N–H and O–H groups in total. The van der Waals surface area contributed by atoms with E-state index in [0.29, 0.717) is 0 Å². The molecule has 1 heterocycles. The zero-order valence-electron chi connectivity index (χ0n) is 15.2. The lowest BCUT2D eigenvalue weighted by atomic mass is 10.0. The number of benzene rings is 2. The quantitative estimate of drug-likeness (QED) is 0.727. The second kappa shape index (κ2) is 12.3. The third kappa shape index (κ3) is 7.72. The molecule has 0 saturated carbocycles. The number of halogens is 2. The molecule has 1 saturated heterocycles. The number of carbonyl (C=O) groups excluding carboxylic acids is 1. The first-order valence-electron chi connectivity index (χ1n) is 8.70. The van der Waals surface area contributed by atoms with E-state index in [1.807, 2.05) is 54.2 Å². The second-order valence-electron chi connectivity index (χ2n) is 6.36. The molecule has 1 fully saturated rings. The lowest BCUT2D eigenvalue weighted by Crippen LogP contribution is -2.31. The Hall–Kier alpha value is -1.24. The molecule has 0 aliphatic carbocycles. The summed E-state index contributed by atoms with van der Waals surface area (Å²) >= 11 is 2.01. The van der Waals surface area contributed by atoms with Crippen molar-refractivity contribution in [3.63, 3.8) is 0 Å². The monoisotopic (exact) mass is 427 g/mol. The van der Waals surface area contributed by atoms with Crippen molar-refractivity contribution in [1.82, 2.24) is 4.90 Å². The number of nitrogens with one attached hydrogen (secondary N) is 1. The largest absolute Gasteiger partial charge is 0.326 e. The number of carbonyl (C=O) groups is 1. The van der Waals surface area contributed by atoms with Gasteiger partial charge in [-0.1, -0.05) is 42.5 Å². The Morgan fingerprint density at radius 2 is 1.78 bits per heavy atom. The van der Waals surface area contributed by atoms with Crippen molar-refractivity contribution in [3.8, 4) is 0 Å². The van der Waals surface area contributed by atoms with E-state index in [1.165, 1.54) is 17.1 Å². The summed E-state index contributed by atoms with van der Waals surface area (Å²) in [6, 6.07) is 17.6. The van der Waals surface area contributed by atoms with Crippen LogP contribution in [0.3, 0.4) is 0 Å². The molecule has 1 unspecified atom stereocenters. The fourth-order valence-electron chi connectivity index (χ4n) is 2.99. The molecule has 2 aromatic carbocycles. The molecule has 2 aromatic rings. The third-order valence-electron chi connectivity index (χ3n) is 4.35. The van der Waals surface area contributed by atoms with E-state index in [2.05, 4.69) is 22.3 Å². The van der Waals surface area contributed by atoms with Crippen LogP contribution in [0.1, 0.15) is 23.6 Å². The van der Waals surface area contributed by atoms with E-state index < -0.39 is 0 Å². The van der Waals surface area contributed by atoms with Gasteiger partial charge in [0.2, 0.25) is 5.91 Å². The van der Waals surface area contributed by atoms with Crippen LogP contribution in [0, 0.1) is 0 Å². The van der Waals surface area contributed by atoms with Gasteiger partial charge in [-0.3, -0.25) is 9.69 Å². The summed E-state index contributed by atoms with van der Waals surface area (Å²) in [7, 11) is 0. The molecule has 0 spiro atoms. The Morgan fingerprint density at radius 1 is 1.07 bits per heavy atom. The number of rotatable bonds is 6. The summed E-state index contributed by atoms with van der Waals surface area (Å²) in [5.41, 5.74) is 9.19. The van der Waals surface area contributed by atoms with Crippen LogP contribution >= 0.6 is 36.6 Å². The van der Waals surface area contributed by atoms with Crippen molar-refractivity contribution in [3.05, 3.63) is 65.7 Å². The number of nitrogens with two attached hydrogens (primary N) is 1. The number of amides is 1. The Labute approximate surface area is 178 Å². The van der Waals surface area contributed by atoms with Gasteiger partial charge in [0.1, 0.15) is 0 Å². The van der Waals surface area contributed by atoms with Crippen molar-refractivity contribution < 1.29 is 4.79 Å². The molecule has 0 radical (unpaired) electrons. The lowest BCUT2D eigenvalue weighted by Gasteiger charge is -2.26. The van der Waals surface area contributed by atoms with Crippen LogP contribution in [0.25, 0.3) is 0 Å². The van der Waals surface area contributed by atoms with Gasteiger partial charge in [-0.15, -0.1) is 24.8 Å². The zero-order chi connectivity index (χ0) is 17.5. The molecule has 0 aromatic heterocycles. The van der Waals surface area contributed by atoms with E-state index in [4.69, 9.17) is 5.73 Å². The van der Waals surface area contributed by atoms with Crippen LogP contribution in [0.15, 0.2) is 54.6 Å². The summed E-state index contributed by atoms with van der Waals surface area (Å²) < 4.78 is 0. The molecule has 1 atom stereocenters. The fourth-order valence-corrected chi connectivity index (χ4v) is 3.97. The van der Waals surface area contributed by atoms with Gasteiger partial charge in [-0.25, -0.2) is 0 Å². The summed E-state index contributed by atoms with van der Waals surface area (Å²) in [6.45, 7) is 3.20. The van der Waals surface area contributed by atoms with E-state index >= 15 is 0 Å². The van der Waals surface area contributed by atoms with E-state index in [9.17, 15) is 4.79 Å². The highest BCUT2D eigenvalue weighted by molar-refractivity contribution is 7.99. The van der Waals surface area contributed by atoms with Crippen molar-refractivity contribution in [2.45, 2.75) is 19.0 Å². The Kier molecular flexibility index (Phi) is 10.8. The van der Waals surface area contributed by atoms with Gasteiger partial charge < -0.3 is 11.1 Å². The maximum atomic E-state index is 12.3. The van der Waals surface area contributed by atoms with Crippen molar-refractivity contribution in [2.75, 3.05) is 29.9 Å². The highest BCUT2D eigenvalue weighted by atomic mass is 35.5. The minimum Gasteiger partial charge on any atom is -0.326 e. The first-order valence-corrected chi connectivity index (χ1v) is 9.85. The molecular weight excluding hydrogens is 401 g/mol. The average molecular weight is 428 g/mol. The van der Waals surface area contributed by atoms with Gasteiger partial charge in [-0.2, -0.15) is 11.8 Å². The van der Waals surface area contributed by atoms with Gasteiger partial charge >= 0.3 is 0 Å². The first-order chi connectivity index (χ1) is 12.2. The lowest BCUT2D eigenvalue weighted by molar-refractivity contribution is -0.116. The van der Waals surface area contributed by atoms with Crippen LogP contribution in [0.4, 0.5) is 5.69 Å². The maximum Gasteiger partial charge on any atom is 0.226 e. The predicted octanol–water partition coefficient (Wildman–Crippen LogP) is 4.11. The fraction of sp³-hybridized carbons (Fsp3) is 0.350. The normalized spacial score (nSPS) is 15.1. The number of hydrogen-bond donors (Lipinski definition) is 2. The summed E-state index contributed by atoms with van der Waals surface area (Å²) in [6.07, 6.45) is 0.275. The number of anilines is 1. The molecule has 4 nitrogen and oxygen atoms in total. The van der Waals surface area contributed by atoms with Crippen LogP contribution in [-0.2, 0) is 11.3 Å². The minimum absolute atomic E-state index is 0. The highest BCUT2D eigenvalue weighted by Crippen LogP contribution is 2.18. The van der Waals surface area contributed by atoms with Crippen molar-refractivity contribution in [2.24, 2.45) is 5.73 Å². The molecule has 1 aliphatic rings.